The molecule has 1 aliphatic heterocycles. The summed E-state index contributed by atoms with van der Waals surface area (Å²) in [5.41, 5.74) is 0. The van der Waals surface area contributed by atoms with E-state index in [2.05, 4.69) is 10.1 Å². The number of hydrogen-bond acceptors (Lipinski definition) is 5. The van der Waals surface area contributed by atoms with E-state index < -0.39 is 5.97 Å². The molecule has 1 atom stereocenters. The van der Waals surface area contributed by atoms with Gasteiger partial charge in [0.05, 0.1) is 13.2 Å². The van der Waals surface area contributed by atoms with Crippen molar-refractivity contribution < 1.29 is 14.3 Å². The zero-order valence-electron chi connectivity index (χ0n) is 8.99. The standard InChI is InChI=1S/C9H16N2O3S/c1-11(5-8(12)14-2)9(13)7-6-15-4-3-10-7/h7,10H,3-6H2,1-2H3. The predicted molar refractivity (Wildman–Crippen MR) is 58.8 cm³/mol. The van der Waals surface area contributed by atoms with Crippen molar-refractivity contribution in [2.24, 2.45) is 0 Å². The van der Waals surface area contributed by atoms with Crippen LogP contribution in [0.15, 0.2) is 0 Å². The largest absolute Gasteiger partial charge is 0.468 e. The molecule has 86 valence electrons. The van der Waals surface area contributed by atoms with E-state index in [0.717, 1.165) is 18.1 Å². The lowest BCUT2D eigenvalue weighted by molar-refractivity contribution is -0.146. The van der Waals surface area contributed by atoms with E-state index in [0.29, 0.717) is 0 Å². The highest BCUT2D eigenvalue weighted by molar-refractivity contribution is 7.99. The number of nitrogens with one attached hydrogen (secondary N) is 1. The van der Waals surface area contributed by atoms with Crippen LogP contribution in [0.3, 0.4) is 0 Å². The molecule has 1 fully saturated rings. The number of nitrogens with zero attached hydrogens (tertiary/aromatic N) is 1. The van der Waals surface area contributed by atoms with Gasteiger partial charge in [0.2, 0.25) is 5.91 Å². The molecule has 1 N–H and O–H groups in total. The van der Waals surface area contributed by atoms with Crippen LogP contribution in [0.25, 0.3) is 0 Å². The molecule has 1 aliphatic rings. The number of rotatable bonds is 3. The maximum Gasteiger partial charge on any atom is 0.325 e. The fraction of sp³-hybridized carbons (Fsp3) is 0.778. The molecule has 1 rings (SSSR count). The third kappa shape index (κ3) is 3.71. The molecule has 1 unspecified atom stereocenters. The third-order valence-electron chi connectivity index (χ3n) is 2.19. The first-order chi connectivity index (χ1) is 7.15. The lowest BCUT2D eigenvalue weighted by Gasteiger charge is -2.26. The van der Waals surface area contributed by atoms with Crippen LogP contribution in [-0.4, -0.2) is 61.6 Å². The minimum absolute atomic E-state index is 0.0121. The van der Waals surface area contributed by atoms with E-state index in [9.17, 15) is 9.59 Å². The van der Waals surface area contributed by atoms with Crippen LogP contribution in [0, 0.1) is 0 Å². The van der Waals surface area contributed by atoms with Crippen molar-refractivity contribution in [3.05, 3.63) is 0 Å². The number of likely N-dealkylation sites (N-methyl/N-ethyl adjacent to an activating group) is 1. The number of carbonyl (C=O) groups excluding carboxylic acids is 2. The SMILES string of the molecule is COC(=O)CN(C)C(=O)C1CSCCN1. The normalized spacial score (nSPS) is 20.8. The molecule has 0 aromatic rings. The van der Waals surface area contributed by atoms with Crippen molar-refractivity contribution in [1.82, 2.24) is 10.2 Å². The van der Waals surface area contributed by atoms with Crippen molar-refractivity contribution in [2.75, 3.05) is 38.8 Å². The van der Waals surface area contributed by atoms with Crippen LogP contribution in [0.5, 0.6) is 0 Å². The van der Waals surface area contributed by atoms with Crippen molar-refractivity contribution in [2.45, 2.75) is 6.04 Å². The smallest absolute Gasteiger partial charge is 0.325 e. The van der Waals surface area contributed by atoms with E-state index in [4.69, 9.17) is 0 Å². The molecule has 0 aliphatic carbocycles. The molecule has 1 saturated heterocycles. The Hall–Kier alpha value is -0.750. The minimum Gasteiger partial charge on any atom is -0.468 e. The Morgan fingerprint density at radius 2 is 2.33 bits per heavy atom. The quantitative estimate of drug-likeness (QED) is 0.654. The van der Waals surface area contributed by atoms with Crippen molar-refractivity contribution in [3.63, 3.8) is 0 Å². The summed E-state index contributed by atoms with van der Waals surface area (Å²) in [6.07, 6.45) is 0. The van der Waals surface area contributed by atoms with Gasteiger partial charge in [0.15, 0.2) is 0 Å². The average Bonchev–Trinajstić information content (AvgIpc) is 2.29. The number of amides is 1. The Morgan fingerprint density at radius 3 is 2.87 bits per heavy atom. The topological polar surface area (TPSA) is 58.6 Å². The Balaban J connectivity index is 2.40. The molecule has 0 radical (unpaired) electrons. The van der Waals surface area contributed by atoms with Crippen molar-refractivity contribution >= 4 is 23.6 Å². The second kappa shape index (κ2) is 5.97. The molecular formula is C9H16N2O3S. The highest BCUT2D eigenvalue weighted by Crippen LogP contribution is 2.09. The van der Waals surface area contributed by atoms with Gasteiger partial charge in [-0.3, -0.25) is 9.59 Å². The van der Waals surface area contributed by atoms with E-state index in [1.165, 1.54) is 12.0 Å². The van der Waals surface area contributed by atoms with Gasteiger partial charge < -0.3 is 15.0 Å². The van der Waals surface area contributed by atoms with Gasteiger partial charge in [0, 0.05) is 25.1 Å². The monoisotopic (exact) mass is 232 g/mol. The first-order valence-corrected chi connectivity index (χ1v) is 5.93. The fourth-order valence-corrected chi connectivity index (χ4v) is 2.25. The van der Waals surface area contributed by atoms with Gasteiger partial charge in [-0.1, -0.05) is 0 Å². The van der Waals surface area contributed by atoms with Crippen LogP contribution >= 0.6 is 11.8 Å². The fourth-order valence-electron chi connectivity index (χ4n) is 1.33. The van der Waals surface area contributed by atoms with Gasteiger partial charge in [-0.2, -0.15) is 11.8 Å². The first-order valence-electron chi connectivity index (χ1n) is 4.78. The number of methoxy groups -OCH3 is 1. The highest BCUT2D eigenvalue weighted by atomic mass is 32.2. The summed E-state index contributed by atoms with van der Waals surface area (Å²) >= 11 is 1.75. The van der Waals surface area contributed by atoms with Gasteiger partial charge in [-0.15, -0.1) is 0 Å². The van der Waals surface area contributed by atoms with Gasteiger partial charge in [0.1, 0.15) is 6.54 Å². The zero-order valence-corrected chi connectivity index (χ0v) is 9.80. The molecular weight excluding hydrogens is 216 g/mol. The minimum atomic E-state index is -0.394. The van der Waals surface area contributed by atoms with Crippen LogP contribution in [-0.2, 0) is 14.3 Å². The summed E-state index contributed by atoms with van der Waals surface area (Å²) in [4.78, 5) is 24.2. The molecule has 0 saturated carbocycles. The summed E-state index contributed by atoms with van der Waals surface area (Å²) in [6, 6.07) is -0.168. The van der Waals surface area contributed by atoms with Gasteiger partial charge in [-0.05, 0) is 0 Å². The van der Waals surface area contributed by atoms with Crippen LogP contribution < -0.4 is 5.32 Å². The summed E-state index contributed by atoms with van der Waals surface area (Å²) < 4.78 is 4.50. The lowest BCUT2D eigenvalue weighted by Crippen LogP contribution is -2.50. The number of thioether (sulfide) groups is 1. The molecule has 0 aromatic carbocycles. The zero-order chi connectivity index (χ0) is 11.3. The van der Waals surface area contributed by atoms with Crippen LogP contribution in [0.1, 0.15) is 0 Å². The number of ether oxygens (including phenoxy) is 1. The summed E-state index contributed by atoms with van der Waals surface area (Å²) in [7, 11) is 2.93. The maximum absolute atomic E-state index is 11.8. The molecule has 0 bridgehead atoms. The average molecular weight is 232 g/mol. The Morgan fingerprint density at radius 1 is 1.60 bits per heavy atom. The third-order valence-corrected chi connectivity index (χ3v) is 3.25. The Bertz CT molecular complexity index is 242. The summed E-state index contributed by atoms with van der Waals surface area (Å²) in [6.45, 7) is 0.852. The molecule has 15 heavy (non-hydrogen) atoms. The van der Waals surface area contributed by atoms with E-state index in [1.54, 1.807) is 18.8 Å². The highest BCUT2D eigenvalue weighted by Gasteiger charge is 2.24. The molecule has 6 heteroatoms. The Labute approximate surface area is 93.5 Å². The molecule has 5 nitrogen and oxygen atoms in total. The number of carbonyl (C=O) groups is 2. The first kappa shape index (κ1) is 12.3. The van der Waals surface area contributed by atoms with E-state index in [1.807, 2.05) is 0 Å². The van der Waals surface area contributed by atoms with E-state index >= 15 is 0 Å². The molecule has 0 spiro atoms. The van der Waals surface area contributed by atoms with Crippen LogP contribution in [0.2, 0.25) is 0 Å². The van der Waals surface area contributed by atoms with Gasteiger partial charge in [-0.25, -0.2) is 0 Å². The number of esters is 1. The molecule has 1 heterocycles. The van der Waals surface area contributed by atoms with E-state index in [-0.39, 0.29) is 18.5 Å². The van der Waals surface area contributed by atoms with Crippen LogP contribution in [0.4, 0.5) is 0 Å². The second-order valence-electron chi connectivity index (χ2n) is 3.35. The maximum atomic E-state index is 11.8. The number of hydrogen-bond donors (Lipinski definition) is 1. The Kier molecular flexibility index (Phi) is 4.90. The lowest BCUT2D eigenvalue weighted by atomic mass is 10.3. The van der Waals surface area contributed by atoms with Crippen molar-refractivity contribution in [1.29, 1.82) is 0 Å². The van der Waals surface area contributed by atoms with Crippen molar-refractivity contribution in [3.8, 4) is 0 Å². The molecule has 1 amide bonds. The summed E-state index contributed by atoms with van der Waals surface area (Å²) in [5.74, 6) is 1.36. The van der Waals surface area contributed by atoms with Gasteiger partial charge in [0.25, 0.3) is 0 Å². The predicted octanol–water partition coefficient (Wildman–Crippen LogP) is -0.677. The second-order valence-corrected chi connectivity index (χ2v) is 4.50. The molecule has 0 aromatic heterocycles. The van der Waals surface area contributed by atoms with Gasteiger partial charge >= 0.3 is 5.97 Å². The summed E-state index contributed by atoms with van der Waals surface area (Å²) in [5, 5.41) is 3.13.